The zero-order chi connectivity index (χ0) is 19.6. The molecule has 0 aromatic carbocycles. The molecule has 3 atom stereocenters. The van der Waals surface area contributed by atoms with E-state index in [1.165, 1.54) is 19.3 Å². The lowest BCUT2D eigenvalue weighted by Gasteiger charge is -2.47. The number of fused-ring (bicyclic) bond motifs is 1. The van der Waals surface area contributed by atoms with Gasteiger partial charge in [-0.05, 0) is 50.5 Å². The van der Waals surface area contributed by atoms with E-state index in [4.69, 9.17) is 9.47 Å². The normalized spacial score (nSPS) is 25.2. The van der Waals surface area contributed by atoms with Gasteiger partial charge in [-0.15, -0.1) is 0 Å². The van der Waals surface area contributed by atoms with Gasteiger partial charge in [0.15, 0.2) is 0 Å². The van der Waals surface area contributed by atoms with E-state index in [9.17, 15) is 9.59 Å². The van der Waals surface area contributed by atoms with E-state index in [2.05, 4.69) is 16.8 Å². The number of piperidine rings is 1. The quantitative estimate of drug-likeness (QED) is 0.631. The maximum atomic E-state index is 13.4. The molecule has 27 heavy (non-hydrogen) atoms. The van der Waals surface area contributed by atoms with Gasteiger partial charge < -0.3 is 19.4 Å². The average molecular weight is 376 g/mol. The van der Waals surface area contributed by atoms with Gasteiger partial charge in [-0.2, -0.15) is 0 Å². The van der Waals surface area contributed by atoms with Crippen LogP contribution < -0.4 is 0 Å². The molecule has 3 rings (SSSR count). The van der Waals surface area contributed by atoms with Crippen molar-refractivity contribution >= 4 is 11.9 Å². The van der Waals surface area contributed by atoms with Crippen LogP contribution in [0.2, 0.25) is 0 Å². The minimum absolute atomic E-state index is 0.0235. The number of aromatic nitrogens is 1. The van der Waals surface area contributed by atoms with Gasteiger partial charge in [-0.1, -0.05) is 19.8 Å². The van der Waals surface area contributed by atoms with Crippen LogP contribution in [0.1, 0.15) is 71.1 Å². The van der Waals surface area contributed by atoms with E-state index in [-0.39, 0.29) is 12.5 Å². The highest BCUT2D eigenvalue weighted by molar-refractivity contribution is 6.00. The Morgan fingerprint density at radius 1 is 1.15 bits per heavy atom. The van der Waals surface area contributed by atoms with Crippen LogP contribution in [0.25, 0.3) is 0 Å². The van der Waals surface area contributed by atoms with E-state index in [0.717, 1.165) is 19.4 Å². The minimum Gasteiger partial charge on any atom is -0.460 e. The Labute approximate surface area is 161 Å². The molecule has 2 heterocycles. The van der Waals surface area contributed by atoms with Crippen LogP contribution in [0.4, 0.5) is 0 Å². The summed E-state index contributed by atoms with van der Waals surface area (Å²) in [6.07, 6.45) is 5.82. The maximum Gasteiger partial charge on any atom is 0.340 e. The highest BCUT2D eigenvalue weighted by Crippen LogP contribution is 2.39. The molecule has 1 saturated carbocycles. The molecular weight excluding hydrogens is 344 g/mol. The van der Waals surface area contributed by atoms with E-state index in [1.807, 2.05) is 13.8 Å². The molecule has 150 valence electrons. The molecule has 2 fully saturated rings. The number of rotatable bonds is 5. The number of aromatic amines is 1. The van der Waals surface area contributed by atoms with E-state index >= 15 is 0 Å². The predicted octanol–water partition coefficient (Wildman–Crippen LogP) is 3.48. The van der Waals surface area contributed by atoms with Crippen molar-refractivity contribution in [2.45, 2.75) is 58.9 Å². The second-order valence-electron chi connectivity index (χ2n) is 8.03. The molecule has 0 spiro atoms. The monoisotopic (exact) mass is 376 g/mol. The number of hydrogen-bond donors (Lipinski definition) is 1. The van der Waals surface area contributed by atoms with Crippen LogP contribution in [0, 0.1) is 25.7 Å². The largest absolute Gasteiger partial charge is 0.460 e. The third-order valence-corrected chi connectivity index (χ3v) is 6.38. The lowest BCUT2D eigenvalue weighted by atomic mass is 9.72. The summed E-state index contributed by atoms with van der Waals surface area (Å²) in [4.78, 5) is 31.0. The first kappa shape index (κ1) is 19.9. The molecule has 1 aliphatic heterocycles. The van der Waals surface area contributed by atoms with Crippen molar-refractivity contribution in [2.75, 3.05) is 26.9 Å². The molecule has 6 heteroatoms. The van der Waals surface area contributed by atoms with Gasteiger partial charge in [0.05, 0.1) is 12.2 Å². The van der Waals surface area contributed by atoms with Crippen LogP contribution in [-0.4, -0.2) is 54.7 Å². The molecular formula is C21H32N2O4. The highest BCUT2D eigenvalue weighted by Gasteiger charge is 2.40. The molecule has 0 bridgehead atoms. The fourth-order valence-electron chi connectivity index (χ4n) is 4.87. The second kappa shape index (κ2) is 8.46. The molecule has 1 saturated heterocycles. The number of nitrogens with one attached hydrogen (secondary N) is 1. The Balaban J connectivity index is 1.80. The van der Waals surface area contributed by atoms with Crippen LogP contribution in [0.15, 0.2) is 0 Å². The third kappa shape index (κ3) is 3.91. The molecule has 3 unspecified atom stereocenters. The van der Waals surface area contributed by atoms with Gasteiger partial charge in [-0.3, -0.25) is 4.79 Å². The van der Waals surface area contributed by atoms with Crippen molar-refractivity contribution < 1.29 is 19.1 Å². The van der Waals surface area contributed by atoms with Crippen molar-refractivity contribution in [3.63, 3.8) is 0 Å². The molecule has 6 nitrogen and oxygen atoms in total. The Morgan fingerprint density at radius 3 is 2.63 bits per heavy atom. The fourth-order valence-corrected chi connectivity index (χ4v) is 4.87. The van der Waals surface area contributed by atoms with Gasteiger partial charge in [0, 0.05) is 25.4 Å². The molecule has 1 amide bonds. The van der Waals surface area contributed by atoms with Gasteiger partial charge in [0.2, 0.25) is 0 Å². The van der Waals surface area contributed by atoms with Crippen LogP contribution in [0.5, 0.6) is 0 Å². The topological polar surface area (TPSA) is 71.6 Å². The van der Waals surface area contributed by atoms with Crippen molar-refractivity contribution in [3.05, 3.63) is 22.5 Å². The number of hydrogen-bond acceptors (Lipinski definition) is 4. The number of aryl methyl sites for hydroxylation is 1. The van der Waals surface area contributed by atoms with Crippen molar-refractivity contribution in [1.82, 2.24) is 9.88 Å². The van der Waals surface area contributed by atoms with Gasteiger partial charge in [0.1, 0.15) is 12.3 Å². The number of carbonyl (C=O) groups excluding carboxylic acids is 2. The number of H-pyrrole nitrogens is 1. The number of nitrogens with zero attached hydrogens (tertiary/aromatic N) is 1. The zero-order valence-corrected chi connectivity index (χ0v) is 17.0. The summed E-state index contributed by atoms with van der Waals surface area (Å²) in [5, 5.41) is 0. The Bertz CT molecular complexity index is 697. The van der Waals surface area contributed by atoms with Crippen molar-refractivity contribution in [3.8, 4) is 0 Å². The number of amides is 1. The summed E-state index contributed by atoms with van der Waals surface area (Å²) in [7, 11) is 1.56. The first-order chi connectivity index (χ1) is 13.0. The fraction of sp³-hybridized carbons (Fsp3) is 0.714. The number of carbonyl (C=O) groups is 2. The van der Waals surface area contributed by atoms with Crippen LogP contribution in [0.3, 0.4) is 0 Å². The first-order valence-electron chi connectivity index (χ1n) is 10.1. The average Bonchev–Trinajstić information content (AvgIpc) is 2.96. The van der Waals surface area contributed by atoms with E-state index in [0.29, 0.717) is 47.0 Å². The predicted molar refractivity (Wildman–Crippen MR) is 103 cm³/mol. The zero-order valence-electron chi connectivity index (χ0n) is 17.0. The van der Waals surface area contributed by atoms with Gasteiger partial charge in [0.25, 0.3) is 5.91 Å². The van der Waals surface area contributed by atoms with Crippen LogP contribution >= 0.6 is 0 Å². The second-order valence-corrected chi connectivity index (χ2v) is 8.03. The first-order valence-corrected chi connectivity index (χ1v) is 10.1. The van der Waals surface area contributed by atoms with Gasteiger partial charge in [-0.25, -0.2) is 4.79 Å². The maximum absolute atomic E-state index is 13.4. The van der Waals surface area contributed by atoms with Crippen molar-refractivity contribution in [2.24, 2.45) is 11.8 Å². The van der Waals surface area contributed by atoms with Crippen LogP contribution in [-0.2, 0) is 9.47 Å². The summed E-state index contributed by atoms with van der Waals surface area (Å²) in [6.45, 7) is 7.33. The summed E-state index contributed by atoms with van der Waals surface area (Å²) >= 11 is 0. The smallest absolute Gasteiger partial charge is 0.340 e. The summed E-state index contributed by atoms with van der Waals surface area (Å²) in [6, 6.07) is 0.329. The minimum atomic E-state index is -0.403. The van der Waals surface area contributed by atoms with E-state index in [1.54, 1.807) is 7.11 Å². The molecule has 1 aromatic rings. The molecule has 0 radical (unpaired) electrons. The highest BCUT2D eigenvalue weighted by atomic mass is 16.6. The third-order valence-electron chi connectivity index (χ3n) is 6.38. The summed E-state index contributed by atoms with van der Waals surface area (Å²) in [5.41, 5.74) is 2.37. The lowest BCUT2D eigenvalue weighted by Crippen LogP contribution is -2.52. The number of likely N-dealkylation sites (tertiary alicyclic amines) is 1. The summed E-state index contributed by atoms with van der Waals surface area (Å²) < 4.78 is 10.2. The molecule has 1 aliphatic carbocycles. The summed E-state index contributed by atoms with van der Waals surface area (Å²) in [5.74, 6) is 0.902. The SMILES string of the molecule is COCCOC(=O)c1c(C)[nH]c(C(=O)N2CCC(C)C3CCCCC32)c1C. The number of ether oxygens (including phenoxy) is 2. The molecule has 1 N–H and O–H groups in total. The Kier molecular flexibility index (Phi) is 6.25. The number of esters is 1. The Hall–Kier alpha value is -1.82. The lowest BCUT2D eigenvalue weighted by molar-refractivity contribution is 0.0213. The molecule has 1 aromatic heterocycles. The van der Waals surface area contributed by atoms with E-state index < -0.39 is 5.97 Å². The van der Waals surface area contributed by atoms with Gasteiger partial charge >= 0.3 is 5.97 Å². The number of methoxy groups -OCH3 is 1. The van der Waals surface area contributed by atoms with Crippen molar-refractivity contribution in [1.29, 1.82) is 0 Å². The standard InChI is InChI=1S/C21H32N2O4/c1-13-9-10-23(17-8-6-5-7-16(13)17)20(24)19-14(2)18(15(3)22-19)21(25)27-12-11-26-4/h13,16-17,22H,5-12H2,1-4H3. The molecule has 2 aliphatic rings. The Morgan fingerprint density at radius 2 is 1.89 bits per heavy atom.